The van der Waals surface area contributed by atoms with Crippen molar-refractivity contribution in [2.45, 2.75) is 26.3 Å². The van der Waals surface area contributed by atoms with Gasteiger partial charge in [-0.05, 0) is 37.9 Å². The Hall–Kier alpha value is -0.860. The van der Waals surface area contributed by atoms with Gasteiger partial charge in [0.15, 0.2) is 0 Å². The van der Waals surface area contributed by atoms with Gasteiger partial charge in [-0.15, -0.1) is 0 Å². The summed E-state index contributed by atoms with van der Waals surface area (Å²) >= 11 is 0. The predicted molar refractivity (Wildman–Crippen MR) is 59.3 cm³/mol. The molecule has 1 rings (SSSR count). The minimum Gasteiger partial charge on any atom is -0.396 e. The van der Waals surface area contributed by atoms with Crippen LogP contribution in [0.2, 0.25) is 0 Å². The van der Waals surface area contributed by atoms with E-state index in [-0.39, 0.29) is 6.61 Å². The van der Waals surface area contributed by atoms with Gasteiger partial charge in [0.25, 0.3) is 0 Å². The molecule has 14 heavy (non-hydrogen) atoms. The van der Waals surface area contributed by atoms with Gasteiger partial charge in [0.05, 0.1) is 0 Å². The Kier molecular flexibility index (Phi) is 4.63. The Morgan fingerprint density at radius 2 is 2.07 bits per heavy atom. The first kappa shape index (κ1) is 11.2. The molecule has 0 aliphatic carbocycles. The summed E-state index contributed by atoms with van der Waals surface area (Å²) in [5.74, 6) is 0. The summed E-state index contributed by atoms with van der Waals surface area (Å²) in [5.41, 5.74) is 2.65. The SMILES string of the molecule is Cc1ccccc1[C@@H](C)NCCCO. The van der Waals surface area contributed by atoms with Gasteiger partial charge in [-0.25, -0.2) is 0 Å². The summed E-state index contributed by atoms with van der Waals surface area (Å²) in [6.07, 6.45) is 0.816. The van der Waals surface area contributed by atoms with E-state index in [1.54, 1.807) is 0 Å². The molecule has 0 spiro atoms. The molecule has 1 aromatic rings. The first-order valence-corrected chi connectivity index (χ1v) is 5.15. The van der Waals surface area contributed by atoms with Crippen LogP contribution >= 0.6 is 0 Å². The number of rotatable bonds is 5. The fourth-order valence-electron chi connectivity index (χ4n) is 1.58. The van der Waals surface area contributed by atoms with Crippen molar-refractivity contribution in [3.05, 3.63) is 35.4 Å². The molecule has 0 bridgehead atoms. The number of aryl methyl sites for hydroxylation is 1. The Labute approximate surface area is 86.0 Å². The van der Waals surface area contributed by atoms with Crippen LogP contribution in [0.25, 0.3) is 0 Å². The lowest BCUT2D eigenvalue weighted by Crippen LogP contribution is -2.21. The van der Waals surface area contributed by atoms with Crippen LogP contribution in [0, 0.1) is 6.92 Å². The molecule has 0 aliphatic rings. The van der Waals surface area contributed by atoms with E-state index in [0.717, 1.165) is 13.0 Å². The molecule has 0 saturated heterocycles. The number of aliphatic hydroxyl groups is 1. The second-order valence-electron chi connectivity index (χ2n) is 3.61. The van der Waals surface area contributed by atoms with Crippen LogP contribution in [0.15, 0.2) is 24.3 Å². The van der Waals surface area contributed by atoms with Gasteiger partial charge in [-0.3, -0.25) is 0 Å². The quantitative estimate of drug-likeness (QED) is 0.701. The van der Waals surface area contributed by atoms with Crippen molar-refractivity contribution in [2.24, 2.45) is 0 Å². The largest absolute Gasteiger partial charge is 0.396 e. The highest BCUT2D eigenvalue weighted by molar-refractivity contribution is 5.28. The molecule has 0 unspecified atom stereocenters. The zero-order valence-electron chi connectivity index (χ0n) is 8.96. The zero-order chi connectivity index (χ0) is 10.4. The maximum atomic E-state index is 8.66. The van der Waals surface area contributed by atoms with Crippen LogP contribution in [0.1, 0.15) is 30.5 Å². The Morgan fingerprint density at radius 3 is 2.71 bits per heavy atom. The first-order valence-electron chi connectivity index (χ1n) is 5.15. The van der Waals surface area contributed by atoms with Gasteiger partial charge in [0.1, 0.15) is 0 Å². The molecule has 1 aromatic carbocycles. The minimum atomic E-state index is 0.257. The van der Waals surface area contributed by atoms with Crippen molar-refractivity contribution in [1.29, 1.82) is 0 Å². The summed E-state index contributed by atoms with van der Waals surface area (Å²) in [6, 6.07) is 8.75. The van der Waals surface area contributed by atoms with Gasteiger partial charge < -0.3 is 10.4 Å². The molecule has 1 atom stereocenters. The van der Waals surface area contributed by atoms with E-state index in [4.69, 9.17) is 5.11 Å². The van der Waals surface area contributed by atoms with Gasteiger partial charge in [-0.1, -0.05) is 24.3 Å². The average Bonchev–Trinajstić information content (AvgIpc) is 2.18. The van der Waals surface area contributed by atoms with E-state index in [0.29, 0.717) is 6.04 Å². The predicted octanol–water partition coefficient (Wildman–Crippen LogP) is 2.03. The second-order valence-corrected chi connectivity index (χ2v) is 3.61. The molecule has 78 valence electrons. The molecule has 0 fully saturated rings. The van der Waals surface area contributed by atoms with Gasteiger partial charge in [-0.2, -0.15) is 0 Å². The average molecular weight is 193 g/mol. The summed E-state index contributed by atoms with van der Waals surface area (Å²) < 4.78 is 0. The van der Waals surface area contributed by atoms with Crippen LogP contribution in [-0.4, -0.2) is 18.3 Å². The number of hydrogen-bond acceptors (Lipinski definition) is 2. The molecule has 0 aliphatic heterocycles. The van der Waals surface area contributed by atoms with Crippen LogP contribution in [0.4, 0.5) is 0 Å². The highest BCUT2D eigenvalue weighted by atomic mass is 16.3. The lowest BCUT2D eigenvalue weighted by Gasteiger charge is -2.15. The van der Waals surface area contributed by atoms with E-state index < -0.39 is 0 Å². The number of aliphatic hydroxyl groups excluding tert-OH is 1. The maximum Gasteiger partial charge on any atom is 0.0443 e. The highest BCUT2D eigenvalue weighted by Gasteiger charge is 2.05. The van der Waals surface area contributed by atoms with Crippen molar-refractivity contribution in [2.75, 3.05) is 13.2 Å². The Morgan fingerprint density at radius 1 is 1.36 bits per heavy atom. The third kappa shape index (κ3) is 3.13. The molecule has 2 N–H and O–H groups in total. The second kappa shape index (κ2) is 5.78. The third-order valence-electron chi connectivity index (χ3n) is 2.44. The molecule has 0 radical (unpaired) electrons. The summed E-state index contributed by atoms with van der Waals surface area (Å²) in [5, 5.41) is 12.0. The van der Waals surface area contributed by atoms with E-state index in [1.165, 1.54) is 11.1 Å². The summed E-state index contributed by atoms with van der Waals surface area (Å²) in [4.78, 5) is 0. The van der Waals surface area contributed by atoms with Gasteiger partial charge in [0, 0.05) is 12.6 Å². The number of nitrogens with one attached hydrogen (secondary N) is 1. The van der Waals surface area contributed by atoms with E-state index in [1.807, 2.05) is 0 Å². The summed E-state index contributed by atoms with van der Waals surface area (Å²) in [6.45, 7) is 5.40. The fourth-order valence-corrected chi connectivity index (χ4v) is 1.58. The maximum absolute atomic E-state index is 8.66. The monoisotopic (exact) mass is 193 g/mol. The molecule has 0 saturated carbocycles. The van der Waals surface area contributed by atoms with Gasteiger partial charge >= 0.3 is 0 Å². The topological polar surface area (TPSA) is 32.3 Å². The van der Waals surface area contributed by atoms with Crippen LogP contribution in [0.3, 0.4) is 0 Å². The van der Waals surface area contributed by atoms with Crippen LogP contribution < -0.4 is 5.32 Å². The smallest absolute Gasteiger partial charge is 0.0443 e. The van der Waals surface area contributed by atoms with Crippen LogP contribution in [-0.2, 0) is 0 Å². The minimum absolute atomic E-state index is 0.257. The zero-order valence-corrected chi connectivity index (χ0v) is 8.96. The first-order chi connectivity index (χ1) is 6.75. The molecule has 0 heterocycles. The third-order valence-corrected chi connectivity index (χ3v) is 2.44. The van der Waals surface area contributed by atoms with Crippen molar-refractivity contribution in [3.8, 4) is 0 Å². The van der Waals surface area contributed by atoms with E-state index >= 15 is 0 Å². The molecule has 2 nitrogen and oxygen atoms in total. The van der Waals surface area contributed by atoms with Crippen molar-refractivity contribution in [3.63, 3.8) is 0 Å². The fraction of sp³-hybridized carbons (Fsp3) is 0.500. The normalized spacial score (nSPS) is 12.8. The lowest BCUT2D eigenvalue weighted by atomic mass is 10.0. The van der Waals surface area contributed by atoms with Gasteiger partial charge in [0.2, 0.25) is 0 Å². The van der Waals surface area contributed by atoms with Crippen LogP contribution in [0.5, 0.6) is 0 Å². The van der Waals surface area contributed by atoms with Crippen molar-refractivity contribution in [1.82, 2.24) is 5.32 Å². The van der Waals surface area contributed by atoms with E-state index in [2.05, 4.69) is 43.4 Å². The molecule has 0 aromatic heterocycles. The lowest BCUT2D eigenvalue weighted by molar-refractivity contribution is 0.284. The highest BCUT2D eigenvalue weighted by Crippen LogP contribution is 2.16. The molecular formula is C12H19NO. The number of hydrogen-bond donors (Lipinski definition) is 2. The van der Waals surface area contributed by atoms with E-state index in [9.17, 15) is 0 Å². The van der Waals surface area contributed by atoms with Crippen molar-refractivity contribution < 1.29 is 5.11 Å². The Balaban J connectivity index is 2.51. The number of benzene rings is 1. The Bertz CT molecular complexity index is 273. The summed E-state index contributed by atoms with van der Waals surface area (Å²) in [7, 11) is 0. The molecular weight excluding hydrogens is 174 g/mol. The molecule has 2 heteroatoms. The molecule has 0 amide bonds. The standard InChI is InChI=1S/C12H19NO/c1-10-6-3-4-7-12(10)11(2)13-8-5-9-14/h3-4,6-7,11,13-14H,5,8-9H2,1-2H3/t11-/m1/s1. The van der Waals surface area contributed by atoms with Crippen molar-refractivity contribution >= 4 is 0 Å².